The minimum atomic E-state index is -0.436. The molecule has 8 nitrogen and oxygen atoms in total. The van der Waals surface area contributed by atoms with E-state index in [-0.39, 0.29) is 23.5 Å². The summed E-state index contributed by atoms with van der Waals surface area (Å²) in [6.45, 7) is 1.81. The molecular weight excluding hydrogens is 358 g/mol. The van der Waals surface area contributed by atoms with Gasteiger partial charge in [0.1, 0.15) is 0 Å². The van der Waals surface area contributed by atoms with E-state index in [0.29, 0.717) is 31.7 Å². The van der Waals surface area contributed by atoms with Crippen molar-refractivity contribution in [1.29, 1.82) is 0 Å². The minimum absolute atomic E-state index is 0.0825. The quantitative estimate of drug-likeness (QED) is 0.503. The van der Waals surface area contributed by atoms with Gasteiger partial charge in [-0.25, -0.2) is 0 Å². The van der Waals surface area contributed by atoms with Crippen LogP contribution in [0.3, 0.4) is 0 Å². The highest BCUT2D eigenvalue weighted by Crippen LogP contribution is 2.26. The highest BCUT2D eigenvalue weighted by Gasteiger charge is 2.30. The summed E-state index contributed by atoms with van der Waals surface area (Å²) in [4.78, 5) is 29.5. The van der Waals surface area contributed by atoms with E-state index in [1.54, 1.807) is 24.4 Å². The first kappa shape index (κ1) is 18.0. The van der Waals surface area contributed by atoms with Gasteiger partial charge in [0.15, 0.2) is 0 Å². The molecule has 1 atom stereocenters. The zero-order valence-corrected chi connectivity index (χ0v) is 15.3. The van der Waals surface area contributed by atoms with Gasteiger partial charge in [-0.15, -0.1) is 0 Å². The monoisotopic (exact) mass is 379 g/mol. The molecule has 2 aromatic heterocycles. The molecule has 1 aliphatic rings. The van der Waals surface area contributed by atoms with Crippen LogP contribution >= 0.6 is 0 Å². The Morgan fingerprint density at radius 3 is 2.75 bits per heavy atom. The third-order valence-corrected chi connectivity index (χ3v) is 5.04. The van der Waals surface area contributed by atoms with Crippen molar-refractivity contribution in [3.05, 3.63) is 70.4 Å². The molecule has 0 bridgehead atoms. The lowest BCUT2D eigenvalue weighted by molar-refractivity contribution is -0.389. The van der Waals surface area contributed by atoms with Crippen molar-refractivity contribution in [2.75, 3.05) is 25.0 Å². The molecule has 1 aromatic carbocycles. The fourth-order valence-corrected chi connectivity index (χ4v) is 3.63. The molecule has 0 saturated carbocycles. The fourth-order valence-electron chi connectivity index (χ4n) is 3.63. The summed E-state index contributed by atoms with van der Waals surface area (Å²) in [5.74, 6) is 0.396. The molecule has 28 heavy (non-hydrogen) atoms. The summed E-state index contributed by atoms with van der Waals surface area (Å²) in [7, 11) is 0. The Labute approximate surface area is 161 Å². The van der Waals surface area contributed by atoms with E-state index < -0.39 is 4.92 Å². The number of hydrogen-bond acceptors (Lipinski definition) is 5. The van der Waals surface area contributed by atoms with Gasteiger partial charge in [-0.2, -0.15) is 9.38 Å². The Bertz CT molecular complexity index is 1000. The van der Waals surface area contributed by atoms with Crippen molar-refractivity contribution < 1.29 is 9.72 Å². The maximum Gasteiger partial charge on any atom is 0.372 e. The van der Waals surface area contributed by atoms with E-state index in [1.165, 1.54) is 9.96 Å². The zero-order chi connectivity index (χ0) is 19.5. The first-order valence-electron chi connectivity index (χ1n) is 9.29. The van der Waals surface area contributed by atoms with Crippen LogP contribution in [0, 0.1) is 16.0 Å². The van der Waals surface area contributed by atoms with Crippen molar-refractivity contribution >= 4 is 23.2 Å². The molecule has 144 valence electrons. The number of imidazole rings is 1. The highest BCUT2D eigenvalue weighted by atomic mass is 16.6. The lowest BCUT2D eigenvalue weighted by Gasteiger charge is -2.16. The molecule has 0 aliphatic carbocycles. The molecule has 1 amide bonds. The largest absolute Gasteiger partial charge is 0.372 e. The maximum atomic E-state index is 12.3. The summed E-state index contributed by atoms with van der Waals surface area (Å²) < 4.78 is 1.45. The van der Waals surface area contributed by atoms with Gasteiger partial charge in [-0.1, -0.05) is 36.4 Å². The molecule has 3 aromatic rings. The first-order valence-corrected chi connectivity index (χ1v) is 9.29. The third-order valence-electron chi connectivity index (χ3n) is 5.04. The second-order valence-electron chi connectivity index (χ2n) is 7.00. The number of nitrogens with one attached hydrogen (secondary N) is 1. The normalized spacial score (nSPS) is 16.6. The number of benzene rings is 1. The number of carbonyl (C=O) groups is 1. The van der Waals surface area contributed by atoms with Crippen LogP contribution in [0.25, 0.3) is 5.65 Å². The van der Waals surface area contributed by atoms with E-state index in [4.69, 9.17) is 0 Å². The lowest BCUT2D eigenvalue weighted by Crippen LogP contribution is -2.28. The first-order chi connectivity index (χ1) is 13.6. The van der Waals surface area contributed by atoms with Crippen LogP contribution in [0.1, 0.15) is 12.0 Å². The Kier molecular flexibility index (Phi) is 4.92. The van der Waals surface area contributed by atoms with Gasteiger partial charge < -0.3 is 20.3 Å². The SMILES string of the molecule is O=C1C[C@H](CNc2nc3ccccn3c2[N+](=O)[O-])CN1CCc1ccccc1. The molecular formula is C20H21N5O3. The van der Waals surface area contributed by atoms with Gasteiger partial charge >= 0.3 is 5.82 Å². The van der Waals surface area contributed by atoms with Gasteiger partial charge in [0.05, 0.1) is 6.20 Å². The van der Waals surface area contributed by atoms with E-state index in [9.17, 15) is 14.9 Å². The number of fused-ring (bicyclic) bond motifs is 1. The van der Waals surface area contributed by atoms with E-state index in [2.05, 4.69) is 22.4 Å². The molecule has 1 aliphatic heterocycles. The average Bonchev–Trinajstić information content (AvgIpc) is 3.25. The van der Waals surface area contributed by atoms with Crippen molar-refractivity contribution in [3.8, 4) is 0 Å². The number of pyridine rings is 1. The van der Waals surface area contributed by atoms with Crippen LogP contribution < -0.4 is 5.32 Å². The molecule has 1 N–H and O–H groups in total. The Balaban J connectivity index is 1.38. The fraction of sp³-hybridized carbons (Fsp3) is 0.300. The van der Waals surface area contributed by atoms with Crippen molar-refractivity contribution in [2.24, 2.45) is 5.92 Å². The second-order valence-corrected chi connectivity index (χ2v) is 7.00. The number of amides is 1. The van der Waals surface area contributed by atoms with Gasteiger partial charge in [0, 0.05) is 38.0 Å². The molecule has 1 saturated heterocycles. The van der Waals surface area contributed by atoms with Crippen LogP contribution in [-0.2, 0) is 11.2 Å². The number of rotatable bonds is 7. The Morgan fingerprint density at radius 1 is 1.18 bits per heavy atom. The summed E-state index contributed by atoms with van der Waals surface area (Å²) in [5, 5.41) is 14.5. The van der Waals surface area contributed by atoms with E-state index >= 15 is 0 Å². The molecule has 3 heterocycles. The van der Waals surface area contributed by atoms with Crippen LogP contribution in [0.5, 0.6) is 0 Å². The molecule has 4 rings (SSSR count). The minimum Gasteiger partial charge on any atom is -0.363 e. The average molecular weight is 379 g/mol. The molecule has 0 radical (unpaired) electrons. The number of anilines is 1. The van der Waals surface area contributed by atoms with Gasteiger partial charge in [0.2, 0.25) is 17.4 Å². The smallest absolute Gasteiger partial charge is 0.363 e. The standard InChI is InChI=1S/C20H21N5O3/c26-18-12-16(14-23(18)11-9-15-6-2-1-3-7-15)13-21-19-20(25(27)28)24-10-5-4-8-17(24)22-19/h1-8,10,16,21H,9,11-14H2/t16-/m1/s1. The molecule has 1 fully saturated rings. The van der Waals surface area contributed by atoms with Crippen LogP contribution in [0.4, 0.5) is 11.6 Å². The molecule has 8 heteroatoms. The number of nitro groups is 1. The highest BCUT2D eigenvalue weighted by molar-refractivity contribution is 5.78. The predicted molar refractivity (Wildman–Crippen MR) is 105 cm³/mol. The number of aromatic nitrogens is 2. The summed E-state index contributed by atoms with van der Waals surface area (Å²) in [6, 6.07) is 15.3. The van der Waals surface area contributed by atoms with Crippen molar-refractivity contribution in [1.82, 2.24) is 14.3 Å². The number of nitrogens with zero attached hydrogens (tertiary/aromatic N) is 4. The van der Waals surface area contributed by atoms with Crippen molar-refractivity contribution in [3.63, 3.8) is 0 Å². The van der Waals surface area contributed by atoms with Crippen LogP contribution in [-0.4, -0.2) is 44.7 Å². The van der Waals surface area contributed by atoms with Crippen LogP contribution in [0.15, 0.2) is 54.7 Å². The van der Waals surface area contributed by atoms with Crippen LogP contribution in [0.2, 0.25) is 0 Å². The van der Waals surface area contributed by atoms with Gasteiger partial charge in [0.25, 0.3) is 0 Å². The van der Waals surface area contributed by atoms with Crippen molar-refractivity contribution in [2.45, 2.75) is 12.8 Å². The maximum absolute atomic E-state index is 12.3. The Morgan fingerprint density at radius 2 is 1.96 bits per heavy atom. The summed E-state index contributed by atoms with van der Waals surface area (Å²) in [5.41, 5.74) is 1.72. The lowest BCUT2D eigenvalue weighted by atomic mass is 10.1. The number of hydrogen-bond donors (Lipinski definition) is 1. The van der Waals surface area contributed by atoms with E-state index in [1.807, 2.05) is 23.1 Å². The van der Waals surface area contributed by atoms with E-state index in [0.717, 1.165) is 6.42 Å². The predicted octanol–water partition coefficient (Wildman–Crippen LogP) is 2.75. The number of likely N-dealkylation sites (tertiary alicyclic amines) is 1. The number of carbonyl (C=O) groups excluding carboxylic acids is 1. The Hall–Kier alpha value is -3.42. The summed E-state index contributed by atoms with van der Waals surface area (Å²) in [6.07, 6.45) is 2.89. The van der Waals surface area contributed by atoms with Gasteiger partial charge in [-0.05, 0) is 23.0 Å². The topological polar surface area (TPSA) is 92.8 Å². The second kappa shape index (κ2) is 7.67. The third kappa shape index (κ3) is 3.66. The van der Waals surface area contributed by atoms with Gasteiger partial charge in [-0.3, -0.25) is 4.79 Å². The molecule has 0 spiro atoms. The zero-order valence-electron chi connectivity index (χ0n) is 15.3. The molecule has 0 unspecified atom stereocenters. The summed E-state index contributed by atoms with van der Waals surface area (Å²) >= 11 is 0.